The highest BCUT2D eigenvalue weighted by Crippen LogP contribution is 2.33. The van der Waals surface area contributed by atoms with E-state index in [2.05, 4.69) is 22.6 Å². The number of carbonyl (C=O) groups is 2. The Morgan fingerprint density at radius 3 is 2.66 bits per heavy atom. The van der Waals surface area contributed by atoms with Gasteiger partial charge in [-0.25, -0.2) is 4.68 Å². The zero-order chi connectivity index (χ0) is 24.2. The van der Waals surface area contributed by atoms with E-state index in [1.54, 1.807) is 9.58 Å². The summed E-state index contributed by atoms with van der Waals surface area (Å²) >= 11 is 1.52. The van der Waals surface area contributed by atoms with Gasteiger partial charge in [0.2, 0.25) is 11.8 Å². The van der Waals surface area contributed by atoms with Gasteiger partial charge in [0, 0.05) is 11.7 Å². The van der Waals surface area contributed by atoms with Gasteiger partial charge >= 0.3 is 0 Å². The second-order valence-electron chi connectivity index (χ2n) is 8.93. The van der Waals surface area contributed by atoms with E-state index in [0.29, 0.717) is 0 Å². The van der Waals surface area contributed by atoms with Gasteiger partial charge in [-0.1, -0.05) is 55.3 Å². The smallest absolute Gasteiger partial charge is 0.249 e. The molecule has 5 rings (SSSR count). The summed E-state index contributed by atoms with van der Waals surface area (Å²) < 4.78 is 1.61. The molecule has 0 saturated heterocycles. The number of hydrogen-bond donors (Lipinski definition) is 1. The van der Waals surface area contributed by atoms with Crippen molar-refractivity contribution in [2.24, 2.45) is 0 Å². The van der Waals surface area contributed by atoms with Crippen LogP contribution in [-0.4, -0.2) is 32.9 Å². The largest absolute Gasteiger partial charge is 0.351 e. The van der Waals surface area contributed by atoms with Gasteiger partial charge in [0.05, 0.1) is 5.52 Å². The Hall–Kier alpha value is -3.52. The summed E-state index contributed by atoms with van der Waals surface area (Å²) in [6, 6.07) is 16.7. The maximum Gasteiger partial charge on any atom is 0.249 e. The molecule has 0 bridgehead atoms. The van der Waals surface area contributed by atoms with Crippen molar-refractivity contribution in [1.29, 1.82) is 0 Å². The number of rotatable bonds is 8. The lowest BCUT2D eigenvalue weighted by Gasteiger charge is -2.33. The number of anilines is 1. The lowest BCUT2D eigenvalue weighted by atomic mass is 10.0. The van der Waals surface area contributed by atoms with Crippen molar-refractivity contribution in [3.8, 4) is 0 Å². The molecule has 8 heteroatoms. The summed E-state index contributed by atoms with van der Waals surface area (Å²) in [7, 11) is 0. The van der Waals surface area contributed by atoms with Crippen LogP contribution in [0.4, 0.5) is 5.69 Å². The minimum Gasteiger partial charge on any atom is -0.351 e. The molecule has 2 aromatic heterocycles. The molecule has 1 N–H and O–H groups in total. The average molecular weight is 488 g/mol. The first-order valence-electron chi connectivity index (χ1n) is 12.2. The van der Waals surface area contributed by atoms with Gasteiger partial charge in [-0.2, -0.15) is 11.3 Å². The molecule has 0 radical (unpaired) electrons. The Morgan fingerprint density at radius 1 is 1.11 bits per heavy atom. The predicted octanol–water partition coefficient (Wildman–Crippen LogP) is 4.89. The summed E-state index contributed by atoms with van der Waals surface area (Å²) in [6.07, 6.45) is 4.94. The fourth-order valence-corrected chi connectivity index (χ4v) is 5.58. The molecule has 35 heavy (non-hydrogen) atoms. The molecule has 1 atom stereocenters. The van der Waals surface area contributed by atoms with Crippen LogP contribution in [0.5, 0.6) is 0 Å². The third-order valence-corrected chi connectivity index (χ3v) is 7.37. The molecule has 7 nitrogen and oxygen atoms in total. The third kappa shape index (κ3) is 4.84. The monoisotopic (exact) mass is 487 g/mol. The van der Waals surface area contributed by atoms with Crippen LogP contribution in [0.25, 0.3) is 11.0 Å². The predicted molar refractivity (Wildman–Crippen MR) is 138 cm³/mol. The highest BCUT2D eigenvalue weighted by Gasteiger charge is 2.35. The van der Waals surface area contributed by atoms with E-state index in [4.69, 9.17) is 0 Å². The molecule has 0 unspecified atom stereocenters. The fraction of sp³-hybridized carbons (Fsp3) is 0.333. The number of benzene rings is 2. The molecule has 1 aliphatic carbocycles. The first-order valence-corrected chi connectivity index (χ1v) is 13.1. The minimum absolute atomic E-state index is 0.0179. The number of nitrogens with one attached hydrogen (secondary N) is 1. The summed E-state index contributed by atoms with van der Waals surface area (Å²) in [6.45, 7) is 2.04. The van der Waals surface area contributed by atoms with E-state index in [0.717, 1.165) is 60.0 Å². The van der Waals surface area contributed by atoms with Crippen molar-refractivity contribution in [3.05, 3.63) is 76.5 Å². The van der Waals surface area contributed by atoms with Crippen molar-refractivity contribution in [1.82, 2.24) is 20.3 Å². The Morgan fingerprint density at radius 2 is 1.89 bits per heavy atom. The summed E-state index contributed by atoms with van der Waals surface area (Å²) in [4.78, 5) is 29.5. The molecule has 1 aliphatic rings. The zero-order valence-electron chi connectivity index (χ0n) is 19.8. The minimum atomic E-state index is -0.767. The molecule has 0 spiro atoms. The topological polar surface area (TPSA) is 80.1 Å². The number of nitrogens with zero attached hydrogens (tertiary/aromatic N) is 4. The number of carbonyl (C=O) groups excluding carboxylic acids is 2. The number of aryl methyl sites for hydroxylation is 1. The molecule has 180 valence electrons. The lowest BCUT2D eigenvalue weighted by Crippen LogP contribution is -2.47. The highest BCUT2D eigenvalue weighted by atomic mass is 32.1. The molecule has 2 amide bonds. The Balaban J connectivity index is 1.57. The van der Waals surface area contributed by atoms with E-state index in [1.807, 2.05) is 65.4 Å². The molecular formula is C27H29N5O2S. The van der Waals surface area contributed by atoms with Crippen LogP contribution in [0.15, 0.2) is 65.4 Å². The molecule has 4 aromatic rings. The van der Waals surface area contributed by atoms with E-state index in [9.17, 15) is 9.59 Å². The number of fused-ring (bicyclic) bond motifs is 1. The summed E-state index contributed by atoms with van der Waals surface area (Å²) in [5, 5.41) is 15.6. The van der Waals surface area contributed by atoms with Crippen molar-refractivity contribution in [3.63, 3.8) is 0 Å². The van der Waals surface area contributed by atoms with E-state index in [1.165, 1.54) is 11.3 Å². The molecular weight excluding hydrogens is 458 g/mol. The highest BCUT2D eigenvalue weighted by molar-refractivity contribution is 7.08. The van der Waals surface area contributed by atoms with Gasteiger partial charge in [0.1, 0.15) is 18.1 Å². The second kappa shape index (κ2) is 10.4. The quantitative estimate of drug-likeness (QED) is 0.384. The van der Waals surface area contributed by atoms with Gasteiger partial charge in [0.25, 0.3) is 0 Å². The first-order chi connectivity index (χ1) is 17.2. The normalized spacial score (nSPS) is 14.8. The van der Waals surface area contributed by atoms with Crippen LogP contribution in [0.3, 0.4) is 0 Å². The van der Waals surface area contributed by atoms with Crippen molar-refractivity contribution in [2.45, 2.75) is 57.7 Å². The average Bonchev–Trinajstić information content (AvgIpc) is 3.66. The van der Waals surface area contributed by atoms with Gasteiger partial charge in [-0.3, -0.25) is 14.5 Å². The number of para-hydroxylation sites is 2. The van der Waals surface area contributed by atoms with Crippen LogP contribution >= 0.6 is 11.3 Å². The van der Waals surface area contributed by atoms with Gasteiger partial charge in [0.15, 0.2) is 0 Å². The van der Waals surface area contributed by atoms with Crippen molar-refractivity contribution in [2.75, 3.05) is 4.90 Å². The number of amides is 2. The number of hydrogen-bond acceptors (Lipinski definition) is 5. The fourth-order valence-electron chi connectivity index (χ4n) is 4.90. The molecule has 2 aromatic carbocycles. The summed E-state index contributed by atoms with van der Waals surface area (Å²) in [5.74, 6) is -0.350. The number of aromatic nitrogens is 3. The lowest BCUT2D eigenvalue weighted by molar-refractivity contribution is -0.127. The van der Waals surface area contributed by atoms with Crippen molar-refractivity contribution >= 4 is 39.9 Å². The van der Waals surface area contributed by atoms with Gasteiger partial charge in [-0.05, 0) is 65.4 Å². The van der Waals surface area contributed by atoms with Crippen LogP contribution in [0, 0.1) is 0 Å². The number of thiophene rings is 1. The van der Waals surface area contributed by atoms with Crippen LogP contribution in [-0.2, 0) is 22.6 Å². The SMILES string of the molecule is CCc1ccccc1N(C(=O)Cn1nnc2ccccc21)[C@@H](C(=O)NC1CCCC1)c1ccsc1. The van der Waals surface area contributed by atoms with Crippen LogP contribution < -0.4 is 10.2 Å². The standard InChI is InChI=1S/C27H29N5O2S/c1-2-19-9-3-7-13-23(19)32(25(33)17-31-24-14-8-6-12-22(24)29-30-31)26(20-15-16-35-18-20)27(34)28-21-10-4-5-11-21/h3,6-9,12-16,18,21,26H,2,4-5,10-11,17H2,1H3,(H,28,34)/t26-/m1/s1. The van der Waals surface area contributed by atoms with Gasteiger partial charge in [-0.15, -0.1) is 5.10 Å². The van der Waals surface area contributed by atoms with Gasteiger partial charge < -0.3 is 5.32 Å². The third-order valence-electron chi connectivity index (χ3n) is 6.67. The first kappa shape index (κ1) is 23.2. The molecule has 1 fully saturated rings. The molecule has 2 heterocycles. The van der Waals surface area contributed by atoms with Crippen LogP contribution in [0.1, 0.15) is 49.8 Å². The van der Waals surface area contributed by atoms with Crippen molar-refractivity contribution < 1.29 is 9.59 Å². The van der Waals surface area contributed by atoms with E-state index < -0.39 is 6.04 Å². The Kier molecular flexibility index (Phi) is 6.90. The Labute approximate surface area is 208 Å². The van der Waals surface area contributed by atoms with E-state index >= 15 is 0 Å². The summed E-state index contributed by atoms with van der Waals surface area (Å²) in [5.41, 5.74) is 4.09. The molecule has 0 aliphatic heterocycles. The Bertz CT molecular complexity index is 1310. The zero-order valence-corrected chi connectivity index (χ0v) is 20.6. The van der Waals surface area contributed by atoms with Crippen LogP contribution in [0.2, 0.25) is 0 Å². The maximum atomic E-state index is 14.1. The van der Waals surface area contributed by atoms with E-state index in [-0.39, 0.29) is 24.4 Å². The maximum absolute atomic E-state index is 14.1. The second-order valence-corrected chi connectivity index (χ2v) is 9.71. The molecule has 1 saturated carbocycles.